The van der Waals surface area contributed by atoms with Crippen molar-refractivity contribution in [3.05, 3.63) is 35.9 Å². The lowest BCUT2D eigenvalue weighted by Crippen LogP contribution is -2.53. The van der Waals surface area contributed by atoms with Crippen molar-refractivity contribution >= 4 is 6.09 Å². The van der Waals surface area contributed by atoms with E-state index in [1.807, 2.05) is 25.1 Å². The van der Waals surface area contributed by atoms with Crippen molar-refractivity contribution < 1.29 is 14.6 Å². The van der Waals surface area contributed by atoms with Gasteiger partial charge in [0, 0.05) is 12.1 Å². The number of carbonyl (C=O) groups excluding carboxylic acids is 1. The van der Waals surface area contributed by atoms with Crippen molar-refractivity contribution in [2.24, 2.45) is 0 Å². The van der Waals surface area contributed by atoms with Crippen molar-refractivity contribution in [3.63, 3.8) is 0 Å². The molecule has 0 aromatic heterocycles. The van der Waals surface area contributed by atoms with Crippen LogP contribution >= 0.6 is 0 Å². The van der Waals surface area contributed by atoms with Gasteiger partial charge in [-0.15, -0.1) is 0 Å². The molecule has 4 nitrogen and oxygen atoms in total. The van der Waals surface area contributed by atoms with Crippen LogP contribution in [0.5, 0.6) is 0 Å². The van der Waals surface area contributed by atoms with Gasteiger partial charge in [-0.05, 0) is 20.8 Å². The third-order valence-corrected chi connectivity index (χ3v) is 3.29. The van der Waals surface area contributed by atoms with Gasteiger partial charge in [-0.25, -0.2) is 4.79 Å². The Bertz CT molecular complexity index is 430. The third-order valence-electron chi connectivity index (χ3n) is 3.29. The molecule has 1 heterocycles. The Kier molecular flexibility index (Phi) is 2.62. The van der Waals surface area contributed by atoms with E-state index in [9.17, 15) is 9.90 Å². The standard InChI is InChI=1S/C13H17NO3/c1-4-14-11(15)17-12(2,3)13(14,16)10-8-6-5-7-9-10/h5-9,16H,4H2,1-3H3. The molecule has 1 N–H and O–H groups in total. The van der Waals surface area contributed by atoms with Crippen LogP contribution in [0.4, 0.5) is 4.79 Å². The Morgan fingerprint density at radius 2 is 1.88 bits per heavy atom. The highest BCUT2D eigenvalue weighted by atomic mass is 16.6. The summed E-state index contributed by atoms with van der Waals surface area (Å²) in [6.07, 6.45) is -0.483. The number of benzene rings is 1. The number of rotatable bonds is 2. The molecular formula is C13H17NO3. The summed E-state index contributed by atoms with van der Waals surface area (Å²) in [5.74, 6) is 0. The largest absolute Gasteiger partial charge is 0.438 e. The molecule has 0 bridgehead atoms. The van der Waals surface area contributed by atoms with Gasteiger partial charge in [0.2, 0.25) is 5.72 Å². The molecule has 0 spiro atoms. The van der Waals surface area contributed by atoms with Gasteiger partial charge >= 0.3 is 6.09 Å². The van der Waals surface area contributed by atoms with Crippen LogP contribution in [-0.2, 0) is 10.5 Å². The Morgan fingerprint density at radius 1 is 1.29 bits per heavy atom. The number of hydrogen-bond acceptors (Lipinski definition) is 3. The van der Waals surface area contributed by atoms with Crippen LogP contribution in [0.3, 0.4) is 0 Å². The first-order chi connectivity index (χ1) is 7.93. The number of nitrogens with zero attached hydrogens (tertiary/aromatic N) is 1. The lowest BCUT2D eigenvalue weighted by molar-refractivity contribution is -0.148. The number of amides is 1. The van der Waals surface area contributed by atoms with Gasteiger partial charge in [0.15, 0.2) is 5.60 Å². The zero-order valence-electron chi connectivity index (χ0n) is 10.3. The smallest absolute Gasteiger partial charge is 0.413 e. The summed E-state index contributed by atoms with van der Waals surface area (Å²) in [6.45, 7) is 5.64. The van der Waals surface area contributed by atoms with Crippen molar-refractivity contribution in [2.75, 3.05) is 6.54 Å². The molecule has 92 valence electrons. The van der Waals surface area contributed by atoms with Crippen molar-refractivity contribution in [3.8, 4) is 0 Å². The van der Waals surface area contributed by atoms with Gasteiger partial charge in [-0.1, -0.05) is 30.3 Å². The van der Waals surface area contributed by atoms with Crippen molar-refractivity contribution in [2.45, 2.75) is 32.1 Å². The van der Waals surface area contributed by atoms with Crippen LogP contribution in [0.25, 0.3) is 0 Å². The minimum Gasteiger partial charge on any atom is -0.438 e. The minimum atomic E-state index is -1.42. The van der Waals surface area contributed by atoms with Crippen molar-refractivity contribution in [1.82, 2.24) is 4.90 Å². The van der Waals surface area contributed by atoms with Gasteiger partial charge in [-0.3, -0.25) is 4.90 Å². The van der Waals surface area contributed by atoms with E-state index in [0.717, 1.165) is 0 Å². The third kappa shape index (κ3) is 1.52. The molecule has 1 aromatic rings. The van der Waals surface area contributed by atoms with E-state index in [0.29, 0.717) is 12.1 Å². The second kappa shape index (κ2) is 3.74. The summed E-state index contributed by atoms with van der Waals surface area (Å²) in [4.78, 5) is 13.1. The fraction of sp³-hybridized carbons (Fsp3) is 0.462. The van der Waals surface area contributed by atoms with Crippen molar-refractivity contribution in [1.29, 1.82) is 0 Å². The molecule has 1 fully saturated rings. The van der Waals surface area contributed by atoms with E-state index < -0.39 is 17.4 Å². The van der Waals surface area contributed by atoms with Crippen LogP contribution in [0.1, 0.15) is 26.3 Å². The molecule has 0 saturated carbocycles. The Labute approximate surface area is 101 Å². The first-order valence-corrected chi connectivity index (χ1v) is 5.72. The molecule has 1 aromatic carbocycles. The van der Waals surface area contributed by atoms with Gasteiger partial charge < -0.3 is 9.84 Å². The van der Waals surface area contributed by atoms with Crippen LogP contribution < -0.4 is 0 Å². The van der Waals surface area contributed by atoms with Crippen LogP contribution in [0, 0.1) is 0 Å². The lowest BCUT2D eigenvalue weighted by Gasteiger charge is -2.38. The number of ether oxygens (including phenoxy) is 1. The molecule has 17 heavy (non-hydrogen) atoms. The fourth-order valence-electron chi connectivity index (χ4n) is 2.33. The molecule has 1 aliphatic heterocycles. The maximum absolute atomic E-state index is 11.8. The van der Waals surface area contributed by atoms with Gasteiger partial charge in [0.05, 0.1) is 0 Å². The van der Waals surface area contributed by atoms with Gasteiger partial charge in [-0.2, -0.15) is 0 Å². The Balaban J connectivity index is 2.56. The topological polar surface area (TPSA) is 49.8 Å². The number of likely N-dealkylation sites (N-methyl/N-ethyl adjacent to an activating group) is 1. The zero-order chi connectivity index (χ0) is 12.7. The molecule has 4 heteroatoms. The van der Waals surface area contributed by atoms with E-state index in [1.54, 1.807) is 26.0 Å². The number of carbonyl (C=O) groups is 1. The summed E-state index contributed by atoms with van der Waals surface area (Å²) >= 11 is 0. The first kappa shape index (κ1) is 11.9. The van der Waals surface area contributed by atoms with Crippen LogP contribution in [0.15, 0.2) is 30.3 Å². The van der Waals surface area contributed by atoms with E-state index in [4.69, 9.17) is 4.74 Å². The monoisotopic (exact) mass is 235 g/mol. The summed E-state index contributed by atoms with van der Waals surface area (Å²) in [5, 5.41) is 10.9. The van der Waals surface area contributed by atoms with E-state index in [1.165, 1.54) is 4.90 Å². The molecule has 1 atom stereocenters. The predicted molar refractivity (Wildman–Crippen MR) is 63.3 cm³/mol. The molecule has 2 rings (SSSR count). The summed E-state index contributed by atoms with van der Waals surface area (Å²) in [5.41, 5.74) is -1.72. The summed E-state index contributed by atoms with van der Waals surface area (Å²) in [7, 11) is 0. The van der Waals surface area contributed by atoms with Crippen LogP contribution in [-0.4, -0.2) is 28.2 Å². The highest BCUT2D eigenvalue weighted by Crippen LogP contribution is 2.44. The van der Waals surface area contributed by atoms with E-state index in [-0.39, 0.29) is 0 Å². The number of aliphatic hydroxyl groups is 1. The van der Waals surface area contributed by atoms with Gasteiger partial charge in [0.25, 0.3) is 0 Å². The molecule has 0 aliphatic carbocycles. The summed E-state index contributed by atoms with van der Waals surface area (Å²) in [6, 6.07) is 9.13. The average Bonchev–Trinajstić information content (AvgIpc) is 2.47. The zero-order valence-corrected chi connectivity index (χ0v) is 10.3. The summed E-state index contributed by atoms with van der Waals surface area (Å²) < 4.78 is 5.26. The maximum atomic E-state index is 11.8. The Hall–Kier alpha value is -1.55. The van der Waals surface area contributed by atoms with Gasteiger partial charge in [0.1, 0.15) is 0 Å². The number of hydrogen-bond donors (Lipinski definition) is 1. The number of cyclic esters (lactones) is 1. The Morgan fingerprint density at radius 3 is 2.41 bits per heavy atom. The highest BCUT2D eigenvalue weighted by molar-refractivity contribution is 5.72. The second-order valence-corrected chi connectivity index (χ2v) is 4.66. The molecule has 1 saturated heterocycles. The van der Waals surface area contributed by atoms with Crippen LogP contribution in [0.2, 0.25) is 0 Å². The molecule has 1 unspecified atom stereocenters. The quantitative estimate of drug-likeness (QED) is 0.853. The lowest BCUT2D eigenvalue weighted by atomic mass is 9.87. The normalized spacial score (nSPS) is 27.1. The molecule has 1 aliphatic rings. The highest BCUT2D eigenvalue weighted by Gasteiger charge is 2.60. The minimum absolute atomic E-state index is 0.396. The second-order valence-electron chi connectivity index (χ2n) is 4.66. The molecule has 1 amide bonds. The average molecular weight is 235 g/mol. The van der Waals surface area contributed by atoms with E-state index in [2.05, 4.69) is 0 Å². The van der Waals surface area contributed by atoms with E-state index >= 15 is 0 Å². The molecule has 0 radical (unpaired) electrons. The molecular weight excluding hydrogens is 218 g/mol. The predicted octanol–water partition coefficient (Wildman–Crippen LogP) is 2.08. The fourth-order valence-corrected chi connectivity index (χ4v) is 2.33. The SMILES string of the molecule is CCN1C(=O)OC(C)(C)C1(O)c1ccccc1. The first-order valence-electron chi connectivity index (χ1n) is 5.72. The maximum Gasteiger partial charge on any atom is 0.413 e.